The number of fused-ring (bicyclic) bond motifs is 4. The maximum atomic E-state index is 13.2. The highest BCUT2D eigenvalue weighted by Crippen LogP contribution is 2.31. The van der Waals surface area contributed by atoms with Crippen LogP contribution in [-0.2, 0) is 57.3 Å². The van der Waals surface area contributed by atoms with Gasteiger partial charge in [0.2, 0.25) is 0 Å². The van der Waals surface area contributed by atoms with E-state index in [1.165, 1.54) is 0 Å². The van der Waals surface area contributed by atoms with E-state index >= 15 is 0 Å². The van der Waals surface area contributed by atoms with E-state index in [-0.39, 0.29) is 96.4 Å². The van der Waals surface area contributed by atoms with Gasteiger partial charge in [-0.3, -0.25) is 38.4 Å². The molecule has 0 bridgehead atoms. The number of ether oxygens (including phenoxy) is 4. The summed E-state index contributed by atoms with van der Waals surface area (Å²) in [5.41, 5.74) is 2.75. The van der Waals surface area contributed by atoms with Crippen molar-refractivity contribution in [2.24, 2.45) is 23.7 Å². The molecule has 12 nitrogen and oxygen atoms in total. The van der Waals surface area contributed by atoms with Gasteiger partial charge in [-0.15, -0.1) is 0 Å². The van der Waals surface area contributed by atoms with Crippen LogP contribution >= 0.6 is 0 Å². The molecule has 0 saturated carbocycles. The Morgan fingerprint density at radius 1 is 0.304 bits per heavy atom. The molecule has 0 aromatic carbocycles. The number of rotatable bonds is 12. The second-order valence-corrected chi connectivity index (χ2v) is 24.2. The zero-order valence-corrected chi connectivity index (χ0v) is 55.5. The summed E-state index contributed by atoms with van der Waals surface area (Å²) in [6, 6.07) is 0. The van der Waals surface area contributed by atoms with Gasteiger partial charge in [-0.25, -0.2) is 0 Å². The molecule has 0 spiro atoms. The molecule has 5 aliphatic rings. The Hall–Kier alpha value is -7.60. The average Bonchev–Trinajstić information content (AvgIpc) is 2.04. The van der Waals surface area contributed by atoms with Crippen molar-refractivity contribution in [3.8, 4) is 0 Å². The Morgan fingerprint density at radius 2 is 0.522 bits per heavy atom. The van der Waals surface area contributed by atoms with Crippen LogP contribution in [0.2, 0.25) is 0 Å². The summed E-state index contributed by atoms with van der Waals surface area (Å²) < 4.78 is 24.0. The first-order valence-corrected chi connectivity index (χ1v) is 34.5. The molecule has 0 aromatic heterocycles. The van der Waals surface area contributed by atoms with Crippen molar-refractivity contribution in [2.75, 3.05) is 0 Å². The molecule has 0 fully saturated rings. The highest BCUT2D eigenvalue weighted by Gasteiger charge is 2.27. The van der Waals surface area contributed by atoms with Crippen LogP contribution in [0.1, 0.15) is 207 Å². The van der Waals surface area contributed by atoms with Gasteiger partial charge in [0.1, 0.15) is 24.4 Å². The predicted molar refractivity (Wildman–Crippen MR) is 367 cm³/mol. The van der Waals surface area contributed by atoms with Gasteiger partial charge in [-0.05, 0) is 127 Å². The molecule has 92 heavy (non-hydrogen) atoms. The van der Waals surface area contributed by atoms with Crippen LogP contribution < -0.4 is 0 Å². The SMILES string of the molecule is CC/C=C\C[C@@H]1C/C=C2/C(=O)C=CC2C/C=C\CCCC(=O)O[C@@H](C/C=C\CC)C/C=C2/C(=O)C=C[C@@H]2C/C=C\CCCC(=O)O[C@H](C/C=C\CC)C/C=C2/C(=O)C=CC2C/C=C\CCCC(=O)O[C@@H](C/C=C\CC)C/C=C2/C(=O)C=C[C@@H]2C/C=C\CCCC(=O)O1. The molecular formula is C80H104O12. The summed E-state index contributed by atoms with van der Waals surface area (Å²) in [6.45, 7) is 8.20. The standard InChI is InChI=1S/C80H104O12/c1-5-9-21-37-65-49-53-69-61(45-57-73(69)81)33-25-14-18-30-42-78(86)90-67(39-23-11-7-3)51-55-71-63(47-59-75(71)83)35-27-16-20-32-44-80(88)92-68(40-24-12-8-4)52-56-72-64(48-60-76(72)84)36-28-15-19-31-43-79(87)91-66(38-22-10-6-2)50-54-70-62(46-58-74(70)82)34-26-13-17-29-41-77(85)89-65/h9-16,21-28,45-48,53-68H,5-8,17-20,29-44,49-52H2,1-4H3/b21-9-,22-10-,23-11-,24-12-,25-14-,26-13-,27-16-,28-15-,69-53+,70-54+,71-55+,72-56+/t61-,62?,63?,64-,65-,66+,67+,68-/m0/s1. The summed E-state index contributed by atoms with van der Waals surface area (Å²) >= 11 is 0. The van der Waals surface area contributed by atoms with Gasteiger partial charge in [-0.1, -0.05) is 174 Å². The van der Waals surface area contributed by atoms with Crippen molar-refractivity contribution in [3.63, 3.8) is 0 Å². The van der Waals surface area contributed by atoms with Crippen molar-refractivity contribution in [1.82, 2.24) is 0 Å². The largest absolute Gasteiger partial charge is 0.462 e. The molecule has 0 aromatic rings. The lowest BCUT2D eigenvalue weighted by molar-refractivity contribution is -0.149. The van der Waals surface area contributed by atoms with E-state index in [0.29, 0.717) is 151 Å². The number of cyclic esters (lactones) is 4. The Balaban J connectivity index is 1.25. The van der Waals surface area contributed by atoms with Crippen LogP contribution in [0.5, 0.6) is 0 Å². The van der Waals surface area contributed by atoms with Gasteiger partial charge in [0.05, 0.1) is 0 Å². The minimum atomic E-state index is -0.420. The Morgan fingerprint density at radius 3 is 0.728 bits per heavy atom. The summed E-state index contributed by atoms with van der Waals surface area (Å²) in [6.07, 6.45) is 68.4. The second kappa shape index (κ2) is 44.8. The maximum absolute atomic E-state index is 13.2. The van der Waals surface area contributed by atoms with E-state index in [9.17, 15) is 38.4 Å². The van der Waals surface area contributed by atoms with Gasteiger partial charge >= 0.3 is 23.9 Å². The van der Waals surface area contributed by atoms with Crippen molar-refractivity contribution in [2.45, 2.75) is 232 Å². The minimum Gasteiger partial charge on any atom is -0.462 e. The highest BCUT2D eigenvalue weighted by atomic mass is 16.6. The van der Waals surface area contributed by atoms with Crippen molar-refractivity contribution >= 4 is 47.0 Å². The van der Waals surface area contributed by atoms with Gasteiger partial charge in [0.25, 0.3) is 0 Å². The predicted octanol–water partition coefficient (Wildman–Crippen LogP) is 17.8. The van der Waals surface area contributed by atoms with E-state index in [1.807, 2.05) is 174 Å². The van der Waals surface area contributed by atoms with Gasteiger partial charge < -0.3 is 18.9 Å². The third kappa shape index (κ3) is 29.3. The van der Waals surface area contributed by atoms with Gasteiger partial charge in [0.15, 0.2) is 23.1 Å². The molecule has 0 radical (unpaired) electrons. The monoisotopic (exact) mass is 1260 g/mol. The Kier molecular flexibility index (Phi) is 36.6. The lowest BCUT2D eigenvalue weighted by atomic mass is 9.95. The van der Waals surface area contributed by atoms with Gasteiger partial charge in [-0.2, -0.15) is 0 Å². The van der Waals surface area contributed by atoms with Crippen LogP contribution in [0.4, 0.5) is 0 Å². The smallest absolute Gasteiger partial charge is 0.306 e. The van der Waals surface area contributed by atoms with E-state index in [1.54, 1.807) is 24.3 Å². The number of hydrogen-bond donors (Lipinski definition) is 0. The molecule has 0 N–H and O–H groups in total. The number of carbonyl (C=O) groups is 8. The number of allylic oxidation sites excluding steroid dienone is 24. The first-order valence-electron chi connectivity index (χ1n) is 34.5. The molecule has 8 atom stereocenters. The zero-order chi connectivity index (χ0) is 66.0. The summed E-state index contributed by atoms with van der Waals surface area (Å²) in [5, 5.41) is 0. The first kappa shape index (κ1) is 75.1. The summed E-state index contributed by atoms with van der Waals surface area (Å²) in [5.74, 6) is -1.75. The fraction of sp³-hybridized carbons (Fsp3) is 0.500. The molecule has 1 heterocycles. The molecule has 0 saturated heterocycles. The van der Waals surface area contributed by atoms with Crippen LogP contribution in [0.3, 0.4) is 0 Å². The molecule has 496 valence electrons. The van der Waals surface area contributed by atoms with Crippen LogP contribution in [0.15, 0.2) is 192 Å². The molecule has 2 unspecified atom stereocenters. The number of carbonyl (C=O) groups excluding carboxylic acids is 8. The second-order valence-electron chi connectivity index (χ2n) is 24.2. The zero-order valence-electron chi connectivity index (χ0n) is 55.5. The lowest BCUT2D eigenvalue weighted by Gasteiger charge is -2.16. The van der Waals surface area contributed by atoms with Crippen molar-refractivity contribution in [3.05, 3.63) is 192 Å². The van der Waals surface area contributed by atoms with Gasteiger partial charge in [0, 0.05) is 123 Å². The third-order valence-electron chi connectivity index (χ3n) is 16.7. The number of hydrogen-bond acceptors (Lipinski definition) is 12. The topological polar surface area (TPSA) is 173 Å². The van der Waals surface area contributed by atoms with E-state index in [2.05, 4.69) is 0 Å². The maximum Gasteiger partial charge on any atom is 0.306 e. The normalized spacial score (nSPS) is 29.9. The Labute approximate surface area is 549 Å². The molecule has 5 rings (SSSR count). The van der Waals surface area contributed by atoms with Crippen LogP contribution in [0, 0.1) is 23.7 Å². The average molecular weight is 1260 g/mol. The lowest BCUT2D eigenvalue weighted by Crippen LogP contribution is -2.18. The van der Waals surface area contributed by atoms with Crippen LogP contribution in [0.25, 0.3) is 0 Å². The van der Waals surface area contributed by atoms with E-state index in [0.717, 1.165) is 25.7 Å². The molecule has 0 amide bonds. The fourth-order valence-corrected chi connectivity index (χ4v) is 11.5. The minimum absolute atomic E-state index is 0.0450. The molecular weight excluding hydrogens is 1150 g/mol. The quantitative estimate of drug-likeness (QED) is 0.103. The van der Waals surface area contributed by atoms with Crippen molar-refractivity contribution in [1.29, 1.82) is 0 Å². The number of ketones is 4. The highest BCUT2D eigenvalue weighted by molar-refractivity contribution is 6.08. The summed E-state index contributed by atoms with van der Waals surface area (Å²) in [4.78, 5) is 105. The Bertz CT molecular complexity index is 2540. The molecule has 12 heteroatoms. The van der Waals surface area contributed by atoms with E-state index < -0.39 is 24.4 Å². The number of esters is 4. The summed E-state index contributed by atoms with van der Waals surface area (Å²) in [7, 11) is 0. The van der Waals surface area contributed by atoms with Crippen LogP contribution in [-0.4, -0.2) is 71.4 Å². The molecule has 1 aliphatic heterocycles. The molecule has 4 aliphatic carbocycles. The van der Waals surface area contributed by atoms with E-state index in [4.69, 9.17) is 18.9 Å². The fourth-order valence-electron chi connectivity index (χ4n) is 11.5. The van der Waals surface area contributed by atoms with Crippen molar-refractivity contribution < 1.29 is 57.3 Å². The third-order valence-corrected chi connectivity index (χ3v) is 16.7. The first-order chi connectivity index (χ1) is 44.8.